The number of alkyl carbamates (subject to hydrolysis) is 1. The van der Waals surface area contributed by atoms with Crippen molar-refractivity contribution in [3.63, 3.8) is 0 Å². The lowest BCUT2D eigenvalue weighted by molar-refractivity contribution is -0.136. The van der Waals surface area contributed by atoms with Crippen molar-refractivity contribution in [2.24, 2.45) is 0 Å². The minimum Gasteiger partial charge on any atom is -0.445 e. The first kappa shape index (κ1) is 24.3. The van der Waals surface area contributed by atoms with Gasteiger partial charge in [0.1, 0.15) is 24.0 Å². The van der Waals surface area contributed by atoms with E-state index in [2.05, 4.69) is 5.32 Å². The molecule has 3 aromatic carbocycles. The zero-order valence-electron chi connectivity index (χ0n) is 20.3. The fraction of sp³-hybridized carbons (Fsp3) is 0.233. The summed E-state index contributed by atoms with van der Waals surface area (Å²) in [6.07, 6.45) is 3.04. The summed E-state index contributed by atoms with van der Waals surface area (Å²) in [6, 6.07) is 22.7. The Balaban J connectivity index is 1.33. The number of hydrogen-bond donors (Lipinski definition) is 1. The van der Waals surface area contributed by atoms with Crippen LogP contribution in [0.15, 0.2) is 88.1 Å². The largest absolute Gasteiger partial charge is 0.445 e. The van der Waals surface area contributed by atoms with Crippen LogP contribution in [0.1, 0.15) is 35.1 Å². The van der Waals surface area contributed by atoms with E-state index in [0.29, 0.717) is 5.58 Å². The predicted octanol–water partition coefficient (Wildman–Crippen LogP) is 5.11. The molecule has 4 aromatic rings. The Morgan fingerprint density at radius 1 is 0.865 bits per heavy atom. The Bertz CT molecular complexity index is 1460. The molecule has 1 heterocycles. The number of carbonyl (C=O) groups is 2. The number of carbonyl (C=O) groups excluding carboxylic acids is 2. The van der Waals surface area contributed by atoms with Crippen molar-refractivity contribution in [3.8, 4) is 5.75 Å². The molecule has 0 bridgehead atoms. The number of amides is 1. The number of rotatable bonds is 7. The van der Waals surface area contributed by atoms with Crippen LogP contribution in [0.2, 0.25) is 0 Å². The predicted molar refractivity (Wildman–Crippen MR) is 138 cm³/mol. The number of benzene rings is 3. The molecule has 37 heavy (non-hydrogen) atoms. The maximum atomic E-state index is 13.2. The second-order valence-electron chi connectivity index (χ2n) is 9.08. The van der Waals surface area contributed by atoms with E-state index in [1.807, 2.05) is 66.7 Å². The van der Waals surface area contributed by atoms with Crippen LogP contribution >= 0.6 is 0 Å². The number of esters is 1. The standard InChI is InChI=1S/C30H27NO6/c32-28-25-14-8-7-13-23(25)24-16-15-22(18-27(24)37-28)36-29(33)26(17-20-9-3-1-4-10-20)31-30(34)35-19-21-11-5-2-6-12-21/h1-6,9-12,15-16,18,26H,7-8,13-14,17,19H2,(H,31,34)/t26-/m0/s1. The highest BCUT2D eigenvalue weighted by Crippen LogP contribution is 2.29. The highest BCUT2D eigenvalue weighted by molar-refractivity contribution is 5.86. The molecule has 1 aromatic heterocycles. The molecule has 0 spiro atoms. The molecule has 1 N–H and O–H groups in total. The van der Waals surface area contributed by atoms with Crippen molar-refractivity contribution in [1.29, 1.82) is 0 Å². The first-order valence-electron chi connectivity index (χ1n) is 12.4. The molecule has 0 fully saturated rings. The molecule has 1 aliphatic carbocycles. The van der Waals surface area contributed by atoms with E-state index < -0.39 is 18.1 Å². The van der Waals surface area contributed by atoms with Crippen LogP contribution in [0, 0.1) is 0 Å². The van der Waals surface area contributed by atoms with E-state index in [0.717, 1.165) is 53.3 Å². The third kappa shape index (κ3) is 5.89. The Labute approximate surface area is 214 Å². The number of ether oxygens (including phenoxy) is 2. The van der Waals surface area contributed by atoms with Gasteiger partial charge in [-0.3, -0.25) is 0 Å². The molecule has 0 radical (unpaired) electrons. The molecule has 0 aliphatic heterocycles. The molecular weight excluding hydrogens is 470 g/mol. The van der Waals surface area contributed by atoms with E-state index in [1.54, 1.807) is 12.1 Å². The summed E-state index contributed by atoms with van der Waals surface area (Å²) in [5.41, 5.74) is 3.48. The molecule has 1 aliphatic rings. The zero-order valence-corrected chi connectivity index (χ0v) is 20.3. The first-order valence-corrected chi connectivity index (χ1v) is 12.4. The Morgan fingerprint density at radius 3 is 2.27 bits per heavy atom. The minimum absolute atomic E-state index is 0.0772. The summed E-state index contributed by atoms with van der Waals surface area (Å²) in [6.45, 7) is 0.0772. The van der Waals surface area contributed by atoms with E-state index in [9.17, 15) is 14.4 Å². The van der Waals surface area contributed by atoms with E-state index >= 15 is 0 Å². The summed E-state index contributed by atoms with van der Waals surface area (Å²) in [7, 11) is 0. The molecule has 0 saturated carbocycles. The maximum absolute atomic E-state index is 13.2. The van der Waals surface area contributed by atoms with E-state index in [1.165, 1.54) is 0 Å². The van der Waals surface area contributed by atoms with E-state index in [-0.39, 0.29) is 24.4 Å². The number of fused-ring (bicyclic) bond motifs is 3. The lowest BCUT2D eigenvalue weighted by Crippen LogP contribution is -2.44. The number of hydrogen-bond acceptors (Lipinski definition) is 6. The second-order valence-corrected chi connectivity index (χ2v) is 9.08. The Kier molecular flexibility index (Phi) is 7.31. The van der Waals surface area contributed by atoms with Gasteiger partial charge in [-0.2, -0.15) is 0 Å². The van der Waals surface area contributed by atoms with Gasteiger partial charge < -0.3 is 19.2 Å². The third-order valence-electron chi connectivity index (χ3n) is 6.49. The number of aryl methyl sites for hydroxylation is 1. The normalized spacial score (nSPS) is 13.4. The lowest BCUT2D eigenvalue weighted by Gasteiger charge is -2.18. The molecule has 188 valence electrons. The fourth-order valence-electron chi connectivity index (χ4n) is 4.63. The second kappa shape index (κ2) is 11.1. The summed E-state index contributed by atoms with van der Waals surface area (Å²) < 4.78 is 16.5. The van der Waals surface area contributed by atoms with Crippen LogP contribution in [0.25, 0.3) is 11.0 Å². The Morgan fingerprint density at radius 2 is 1.54 bits per heavy atom. The summed E-state index contributed by atoms with van der Waals surface area (Å²) >= 11 is 0. The third-order valence-corrected chi connectivity index (χ3v) is 6.49. The summed E-state index contributed by atoms with van der Waals surface area (Å²) in [5, 5.41) is 3.49. The highest BCUT2D eigenvalue weighted by atomic mass is 16.6. The average Bonchev–Trinajstić information content (AvgIpc) is 2.93. The quantitative estimate of drug-likeness (QED) is 0.217. The molecular formula is C30H27NO6. The van der Waals surface area contributed by atoms with Crippen LogP contribution in [0.3, 0.4) is 0 Å². The van der Waals surface area contributed by atoms with Crippen molar-refractivity contribution >= 4 is 23.0 Å². The van der Waals surface area contributed by atoms with Gasteiger partial charge >= 0.3 is 17.7 Å². The molecule has 1 amide bonds. The first-order chi connectivity index (χ1) is 18.1. The highest BCUT2D eigenvalue weighted by Gasteiger charge is 2.25. The van der Waals surface area contributed by atoms with Crippen LogP contribution in [-0.2, 0) is 35.4 Å². The summed E-state index contributed by atoms with van der Waals surface area (Å²) in [4.78, 5) is 38.2. The van der Waals surface area contributed by atoms with Gasteiger partial charge in [0.2, 0.25) is 0 Å². The fourth-order valence-corrected chi connectivity index (χ4v) is 4.63. The van der Waals surface area contributed by atoms with Crippen LogP contribution in [-0.4, -0.2) is 18.1 Å². The van der Waals surface area contributed by atoms with Crippen LogP contribution in [0.4, 0.5) is 4.79 Å². The van der Waals surface area contributed by atoms with Gasteiger partial charge in [0.15, 0.2) is 0 Å². The van der Waals surface area contributed by atoms with Crippen molar-refractivity contribution < 1.29 is 23.5 Å². The molecule has 0 unspecified atom stereocenters. The molecule has 7 heteroatoms. The SMILES string of the molecule is O=C(N[C@@H](Cc1ccccc1)C(=O)Oc1ccc2c3c(c(=O)oc2c1)CCCC3)OCc1ccccc1. The zero-order chi connectivity index (χ0) is 25.6. The van der Waals surface area contributed by atoms with Gasteiger partial charge in [0, 0.05) is 23.4 Å². The van der Waals surface area contributed by atoms with Gasteiger partial charge in [-0.05, 0) is 54.5 Å². The van der Waals surface area contributed by atoms with Crippen molar-refractivity contribution in [2.75, 3.05) is 0 Å². The minimum atomic E-state index is -0.989. The van der Waals surface area contributed by atoms with Gasteiger partial charge in [0.05, 0.1) is 0 Å². The molecule has 1 atom stereocenters. The number of nitrogens with one attached hydrogen (secondary N) is 1. The van der Waals surface area contributed by atoms with E-state index in [4.69, 9.17) is 13.9 Å². The molecule has 7 nitrogen and oxygen atoms in total. The maximum Gasteiger partial charge on any atom is 0.408 e. The van der Waals surface area contributed by atoms with Crippen LogP contribution in [0.5, 0.6) is 5.75 Å². The lowest BCUT2D eigenvalue weighted by atomic mass is 9.91. The van der Waals surface area contributed by atoms with Crippen molar-refractivity contribution in [1.82, 2.24) is 5.32 Å². The van der Waals surface area contributed by atoms with Gasteiger partial charge in [-0.15, -0.1) is 0 Å². The smallest absolute Gasteiger partial charge is 0.408 e. The molecule has 0 saturated heterocycles. The Hall–Kier alpha value is -4.39. The van der Waals surface area contributed by atoms with Crippen LogP contribution < -0.4 is 15.7 Å². The van der Waals surface area contributed by atoms with Gasteiger partial charge in [-0.25, -0.2) is 14.4 Å². The van der Waals surface area contributed by atoms with Crippen molar-refractivity contribution in [2.45, 2.75) is 44.8 Å². The average molecular weight is 498 g/mol. The van der Waals surface area contributed by atoms with Gasteiger partial charge in [-0.1, -0.05) is 60.7 Å². The topological polar surface area (TPSA) is 94.8 Å². The van der Waals surface area contributed by atoms with Crippen molar-refractivity contribution in [3.05, 3.63) is 112 Å². The summed E-state index contributed by atoms with van der Waals surface area (Å²) in [5.74, 6) is -0.422. The van der Waals surface area contributed by atoms with Gasteiger partial charge in [0.25, 0.3) is 0 Å². The molecule has 5 rings (SSSR count). The monoisotopic (exact) mass is 497 g/mol.